The van der Waals surface area contributed by atoms with Crippen molar-refractivity contribution >= 4 is 11.8 Å². The van der Waals surface area contributed by atoms with E-state index in [1.165, 1.54) is 12.1 Å². The smallest absolute Gasteiger partial charge is 0.227 e. The van der Waals surface area contributed by atoms with Crippen LogP contribution in [0.3, 0.4) is 0 Å². The molecular formula is C22H25FN4O2. The first-order valence-corrected chi connectivity index (χ1v) is 10.1. The lowest BCUT2D eigenvalue weighted by Gasteiger charge is -2.33. The molecule has 3 heterocycles. The summed E-state index contributed by atoms with van der Waals surface area (Å²) in [5.41, 5.74) is 2.84. The van der Waals surface area contributed by atoms with E-state index < -0.39 is 0 Å². The maximum atomic E-state index is 13.1. The normalized spacial score (nSPS) is 19.0. The molecule has 0 saturated carbocycles. The highest BCUT2D eigenvalue weighted by molar-refractivity contribution is 5.79. The average molecular weight is 396 g/mol. The second kappa shape index (κ2) is 8.27. The molecule has 4 rings (SSSR count). The first-order valence-electron chi connectivity index (χ1n) is 10.1. The Bertz CT molecular complexity index is 916. The Kier molecular flexibility index (Phi) is 5.56. The number of piperidine rings is 1. The highest BCUT2D eigenvalue weighted by Crippen LogP contribution is 2.27. The summed E-state index contributed by atoms with van der Waals surface area (Å²) in [4.78, 5) is 37.4. The van der Waals surface area contributed by atoms with Crippen molar-refractivity contribution in [2.75, 3.05) is 19.6 Å². The summed E-state index contributed by atoms with van der Waals surface area (Å²) < 4.78 is 13.1. The number of benzene rings is 1. The van der Waals surface area contributed by atoms with E-state index in [0.717, 1.165) is 48.5 Å². The topological polar surface area (TPSA) is 66.4 Å². The fourth-order valence-corrected chi connectivity index (χ4v) is 4.10. The third kappa shape index (κ3) is 4.44. The molecule has 29 heavy (non-hydrogen) atoms. The van der Waals surface area contributed by atoms with E-state index in [1.54, 1.807) is 19.1 Å². The lowest BCUT2D eigenvalue weighted by Crippen LogP contribution is -2.40. The quantitative estimate of drug-likeness (QED) is 0.800. The maximum absolute atomic E-state index is 13.1. The second-order valence-corrected chi connectivity index (χ2v) is 7.87. The lowest BCUT2D eigenvalue weighted by molar-refractivity contribution is -0.131. The van der Waals surface area contributed by atoms with Crippen LogP contribution in [0.15, 0.2) is 30.5 Å². The molecule has 0 N–H and O–H groups in total. The zero-order valence-corrected chi connectivity index (χ0v) is 16.6. The van der Waals surface area contributed by atoms with Gasteiger partial charge >= 0.3 is 0 Å². The number of halogens is 1. The maximum Gasteiger partial charge on any atom is 0.227 e. The minimum atomic E-state index is -0.296. The molecule has 1 atom stereocenters. The summed E-state index contributed by atoms with van der Waals surface area (Å²) in [6, 6.07) is 6.09. The molecule has 2 aromatic rings. The van der Waals surface area contributed by atoms with Crippen LogP contribution < -0.4 is 0 Å². The molecule has 2 aliphatic heterocycles. The SMILES string of the molecule is CC(=O)N1CCc2nc([C@@H]3CCCN(C(=O)Cc4ccc(F)cc4)C3)ncc2C1. The van der Waals surface area contributed by atoms with Crippen molar-refractivity contribution in [3.05, 3.63) is 58.9 Å². The number of hydrogen-bond acceptors (Lipinski definition) is 4. The molecule has 2 aliphatic rings. The molecule has 1 aromatic heterocycles. The van der Waals surface area contributed by atoms with Crippen molar-refractivity contribution in [2.24, 2.45) is 0 Å². The first-order chi connectivity index (χ1) is 14.0. The molecule has 0 aliphatic carbocycles. The predicted molar refractivity (Wildman–Crippen MR) is 105 cm³/mol. The highest BCUT2D eigenvalue weighted by Gasteiger charge is 2.28. The van der Waals surface area contributed by atoms with Gasteiger partial charge in [-0.1, -0.05) is 12.1 Å². The monoisotopic (exact) mass is 396 g/mol. The molecule has 1 aromatic carbocycles. The molecule has 0 radical (unpaired) electrons. The van der Waals surface area contributed by atoms with Crippen LogP contribution in [0.2, 0.25) is 0 Å². The Hall–Kier alpha value is -2.83. The van der Waals surface area contributed by atoms with Gasteiger partial charge in [0.1, 0.15) is 11.6 Å². The number of rotatable bonds is 3. The van der Waals surface area contributed by atoms with Gasteiger partial charge in [-0.3, -0.25) is 9.59 Å². The number of fused-ring (bicyclic) bond motifs is 1. The lowest BCUT2D eigenvalue weighted by atomic mass is 9.96. The largest absolute Gasteiger partial charge is 0.342 e. The van der Waals surface area contributed by atoms with Crippen LogP contribution in [0.1, 0.15) is 48.3 Å². The number of nitrogens with zero attached hydrogens (tertiary/aromatic N) is 4. The minimum Gasteiger partial charge on any atom is -0.342 e. The number of carbonyl (C=O) groups is 2. The van der Waals surface area contributed by atoms with Crippen LogP contribution in [-0.4, -0.2) is 51.2 Å². The standard InChI is InChI=1S/C22H25FN4O2/c1-15(28)26-10-8-20-18(14-26)12-24-22(25-20)17-3-2-9-27(13-17)21(29)11-16-4-6-19(23)7-5-16/h4-7,12,17H,2-3,8-11,13-14H2,1H3/t17-/m1/s1. The number of hydrogen-bond donors (Lipinski definition) is 0. The van der Waals surface area contributed by atoms with Crippen molar-refractivity contribution in [3.8, 4) is 0 Å². The molecule has 1 fully saturated rings. The Morgan fingerprint density at radius 2 is 1.97 bits per heavy atom. The van der Waals surface area contributed by atoms with Gasteiger partial charge in [0.25, 0.3) is 0 Å². The highest BCUT2D eigenvalue weighted by atomic mass is 19.1. The molecule has 0 unspecified atom stereocenters. The molecule has 152 valence electrons. The van der Waals surface area contributed by atoms with Gasteiger partial charge in [-0.25, -0.2) is 14.4 Å². The van der Waals surface area contributed by atoms with E-state index in [9.17, 15) is 14.0 Å². The van der Waals surface area contributed by atoms with Crippen LogP contribution in [0.25, 0.3) is 0 Å². The Balaban J connectivity index is 1.42. The van der Waals surface area contributed by atoms with Crippen molar-refractivity contribution in [1.82, 2.24) is 19.8 Å². The summed E-state index contributed by atoms with van der Waals surface area (Å²) in [5, 5.41) is 0. The summed E-state index contributed by atoms with van der Waals surface area (Å²) in [6.07, 6.45) is 4.73. The van der Waals surface area contributed by atoms with E-state index >= 15 is 0 Å². The average Bonchev–Trinajstić information content (AvgIpc) is 2.74. The van der Waals surface area contributed by atoms with Crippen molar-refractivity contribution in [2.45, 2.75) is 45.1 Å². The molecular weight excluding hydrogens is 371 g/mol. The third-order valence-electron chi connectivity index (χ3n) is 5.81. The zero-order chi connectivity index (χ0) is 20.4. The number of aromatic nitrogens is 2. The van der Waals surface area contributed by atoms with Gasteiger partial charge in [0, 0.05) is 57.2 Å². The summed E-state index contributed by atoms with van der Waals surface area (Å²) in [6.45, 7) is 4.18. The van der Waals surface area contributed by atoms with Crippen molar-refractivity contribution in [3.63, 3.8) is 0 Å². The van der Waals surface area contributed by atoms with Crippen LogP contribution in [-0.2, 0) is 29.0 Å². The van der Waals surface area contributed by atoms with E-state index in [-0.39, 0.29) is 30.0 Å². The number of likely N-dealkylation sites (tertiary alicyclic amines) is 1. The van der Waals surface area contributed by atoms with E-state index in [1.807, 2.05) is 16.0 Å². The van der Waals surface area contributed by atoms with Gasteiger partial charge < -0.3 is 9.80 Å². The minimum absolute atomic E-state index is 0.0522. The van der Waals surface area contributed by atoms with Gasteiger partial charge in [0.15, 0.2) is 0 Å². The van der Waals surface area contributed by atoms with E-state index in [4.69, 9.17) is 4.98 Å². The van der Waals surface area contributed by atoms with Crippen molar-refractivity contribution < 1.29 is 14.0 Å². The van der Waals surface area contributed by atoms with E-state index in [2.05, 4.69) is 4.98 Å². The summed E-state index contributed by atoms with van der Waals surface area (Å²) >= 11 is 0. The predicted octanol–water partition coefficient (Wildman–Crippen LogP) is 2.47. The number of carbonyl (C=O) groups excluding carboxylic acids is 2. The van der Waals surface area contributed by atoms with Crippen LogP contribution in [0.4, 0.5) is 4.39 Å². The van der Waals surface area contributed by atoms with Gasteiger partial charge in [0.2, 0.25) is 11.8 Å². The first kappa shape index (κ1) is 19.5. The van der Waals surface area contributed by atoms with Gasteiger partial charge in [0.05, 0.1) is 12.1 Å². The van der Waals surface area contributed by atoms with Gasteiger partial charge in [-0.2, -0.15) is 0 Å². The van der Waals surface area contributed by atoms with E-state index in [0.29, 0.717) is 19.6 Å². The molecule has 0 bridgehead atoms. The fourth-order valence-electron chi connectivity index (χ4n) is 4.10. The Labute approximate surface area is 169 Å². The van der Waals surface area contributed by atoms with Crippen LogP contribution in [0.5, 0.6) is 0 Å². The molecule has 0 spiro atoms. The molecule has 6 nitrogen and oxygen atoms in total. The molecule has 1 saturated heterocycles. The van der Waals surface area contributed by atoms with Crippen LogP contribution >= 0.6 is 0 Å². The van der Waals surface area contributed by atoms with Crippen molar-refractivity contribution in [1.29, 1.82) is 0 Å². The second-order valence-electron chi connectivity index (χ2n) is 7.87. The fraction of sp³-hybridized carbons (Fsp3) is 0.455. The van der Waals surface area contributed by atoms with Gasteiger partial charge in [-0.05, 0) is 30.5 Å². The van der Waals surface area contributed by atoms with Crippen LogP contribution in [0, 0.1) is 5.82 Å². The van der Waals surface area contributed by atoms with Gasteiger partial charge in [-0.15, -0.1) is 0 Å². The Morgan fingerprint density at radius 1 is 1.17 bits per heavy atom. The number of amides is 2. The Morgan fingerprint density at radius 3 is 2.72 bits per heavy atom. The summed E-state index contributed by atoms with van der Waals surface area (Å²) in [5.74, 6) is 0.741. The molecule has 7 heteroatoms. The molecule has 2 amide bonds. The zero-order valence-electron chi connectivity index (χ0n) is 16.6. The summed E-state index contributed by atoms with van der Waals surface area (Å²) in [7, 11) is 0. The third-order valence-corrected chi connectivity index (χ3v) is 5.81.